The largest absolute Gasteiger partial charge is 0.307 e. The molecule has 4 heteroatoms. The molecular weight excluding hydrogens is 310 g/mol. The Hall–Kier alpha value is -2.49. The summed E-state index contributed by atoms with van der Waals surface area (Å²) in [7, 11) is 0. The number of carbonyl (C=O) groups excluding carboxylic acids is 1. The van der Waals surface area contributed by atoms with E-state index in [-0.39, 0.29) is 22.6 Å². The third-order valence-electron chi connectivity index (χ3n) is 4.13. The van der Waals surface area contributed by atoms with Gasteiger partial charge in [-0.25, -0.2) is 0 Å². The predicted molar refractivity (Wildman–Crippen MR) is 102 cm³/mol. The second-order valence-electron chi connectivity index (χ2n) is 8.36. The maximum absolute atomic E-state index is 12.7. The molecule has 0 unspecified atom stereocenters. The normalized spacial score (nSPS) is 11.9. The Bertz CT molecular complexity index is 749. The van der Waals surface area contributed by atoms with Crippen molar-refractivity contribution in [2.75, 3.05) is 0 Å². The van der Waals surface area contributed by atoms with Crippen LogP contribution in [0.15, 0.2) is 42.7 Å². The van der Waals surface area contributed by atoms with Crippen molar-refractivity contribution < 1.29 is 4.79 Å². The number of amides is 1. The van der Waals surface area contributed by atoms with E-state index < -0.39 is 0 Å². The van der Waals surface area contributed by atoms with Gasteiger partial charge in [-0.05, 0) is 46.2 Å². The average molecular weight is 337 g/mol. The van der Waals surface area contributed by atoms with Crippen LogP contribution in [0.1, 0.15) is 68.6 Å². The maximum Gasteiger partial charge on any atom is 0.256 e. The molecule has 2 rings (SSSR count). The molecule has 1 aromatic heterocycles. The first-order chi connectivity index (χ1) is 11.5. The molecular formula is C21H27N3O. The van der Waals surface area contributed by atoms with Crippen LogP contribution >= 0.6 is 0 Å². The van der Waals surface area contributed by atoms with Crippen molar-refractivity contribution in [3.05, 3.63) is 65.0 Å². The van der Waals surface area contributed by atoms with Crippen molar-refractivity contribution >= 4 is 11.7 Å². The highest BCUT2D eigenvalue weighted by molar-refractivity contribution is 6.11. The van der Waals surface area contributed by atoms with E-state index in [4.69, 9.17) is 5.41 Å². The molecule has 0 aliphatic carbocycles. The molecule has 0 bridgehead atoms. The fraction of sp³-hybridized carbons (Fsp3) is 0.381. The average Bonchev–Trinajstić information content (AvgIpc) is 2.53. The number of aromatic nitrogens is 1. The summed E-state index contributed by atoms with van der Waals surface area (Å²) in [5, 5.41) is 10.8. The van der Waals surface area contributed by atoms with Gasteiger partial charge in [-0.1, -0.05) is 47.6 Å². The highest BCUT2D eigenvalue weighted by Crippen LogP contribution is 2.30. The summed E-state index contributed by atoms with van der Waals surface area (Å²) in [6.45, 7) is 12.8. The number of hydrogen-bond acceptors (Lipinski definition) is 3. The monoisotopic (exact) mass is 337 g/mol. The molecule has 25 heavy (non-hydrogen) atoms. The van der Waals surface area contributed by atoms with Crippen LogP contribution in [0.25, 0.3) is 0 Å². The van der Waals surface area contributed by atoms with Crippen LogP contribution in [0.5, 0.6) is 0 Å². The summed E-state index contributed by atoms with van der Waals surface area (Å²) in [6.07, 6.45) is 3.21. The quantitative estimate of drug-likeness (QED) is 0.629. The fourth-order valence-electron chi connectivity index (χ4n) is 2.40. The molecule has 4 nitrogen and oxygen atoms in total. The number of hydrogen-bond donors (Lipinski definition) is 2. The maximum atomic E-state index is 12.7. The van der Waals surface area contributed by atoms with Gasteiger partial charge in [0.15, 0.2) is 0 Å². The number of benzene rings is 1. The zero-order valence-corrected chi connectivity index (χ0v) is 15.9. The molecule has 0 saturated heterocycles. The Morgan fingerprint density at radius 1 is 0.880 bits per heavy atom. The topological polar surface area (TPSA) is 65.8 Å². The van der Waals surface area contributed by atoms with Crippen LogP contribution in [0.3, 0.4) is 0 Å². The summed E-state index contributed by atoms with van der Waals surface area (Å²) in [4.78, 5) is 16.7. The van der Waals surface area contributed by atoms with Gasteiger partial charge in [-0.15, -0.1) is 0 Å². The summed E-state index contributed by atoms with van der Waals surface area (Å²) in [5.74, 6) is -0.190. The number of nitrogens with one attached hydrogen (secondary N) is 2. The van der Waals surface area contributed by atoms with Gasteiger partial charge in [0, 0.05) is 23.5 Å². The van der Waals surface area contributed by atoms with Gasteiger partial charge in [0.2, 0.25) is 0 Å². The van der Waals surface area contributed by atoms with E-state index in [0.717, 1.165) is 11.1 Å². The van der Waals surface area contributed by atoms with Gasteiger partial charge in [-0.3, -0.25) is 15.2 Å². The lowest BCUT2D eigenvalue weighted by Crippen LogP contribution is -2.31. The SMILES string of the molecule is CC(C)(C)c1cc(C(=O)NC(=N)c2ccncc2)cc(C(C)(C)C)c1. The summed E-state index contributed by atoms with van der Waals surface area (Å²) < 4.78 is 0. The second-order valence-corrected chi connectivity index (χ2v) is 8.36. The molecule has 2 N–H and O–H groups in total. The van der Waals surface area contributed by atoms with Crippen LogP contribution in [0.2, 0.25) is 0 Å². The lowest BCUT2D eigenvalue weighted by molar-refractivity contribution is 0.0976. The lowest BCUT2D eigenvalue weighted by Gasteiger charge is -2.26. The number of amidine groups is 1. The van der Waals surface area contributed by atoms with E-state index in [2.05, 4.69) is 57.9 Å². The molecule has 0 saturated carbocycles. The minimum absolute atomic E-state index is 0.0606. The molecule has 0 fully saturated rings. The second kappa shape index (κ2) is 6.79. The van der Waals surface area contributed by atoms with Gasteiger partial charge < -0.3 is 5.32 Å². The summed E-state index contributed by atoms with van der Waals surface area (Å²) in [6, 6.07) is 9.42. The molecule has 0 aliphatic rings. The van der Waals surface area contributed by atoms with Crippen molar-refractivity contribution in [2.45, 2.75) is 52.4 Å². The predicted octanol–water partition coefficient (Wildman–Crippen LogP) is 4.43. The Balaban J connectivity index is 2.37. The third-order valence-corrected chi connectivity index (χ3v) is 4.13. The number of carbonyl (C=O) groups is 1. The Kier molecular flexibility index (Phi) is 5.12. The van der Waals surface area contributed by atoms with Gasteiger partial charge in [0.05, 0.1) is 0 Å². The van der Waals surface area contributed by atoms with Crippen LogP contribution < -0.4 is 5.32 Å². The van der Waals surface area contributed by atoms with Crippen LogP contribution in [-0.2, 0) is 10.8 Å². The van der Waals surface area contributed by atoms with Crippen LogP contribution in [0.4, 0.5) is 0 Å². The number of rotatable bonds is 2. The minimum atomic E-state index is -0.265. The first kappa shape index (κ1) is 18.8. The lowest BCUT2D eigenvalue weighted by atomic mass is 9.79. The molecule has 2 aromatic rings. The third kappa shape index (κ3) is 4.75. The molecule has 0 spiro atoms. The highest BCUT2D eigenvalue weighted by atomic mass is 16.1. The molecule has 132 valence electrons. The van der Waals surface area contributed by atoms with Crippen LogP contribution in [-0.4, -0.2) is 16.7 Å². The van der Waals surface area contributed by atoms with Gasteiger partial charge in [0.25, 0.3) is 5.91 Å². The number of pyridine rings is 1. The van der Waals surface area contributed by atoms with E-state index in [1.165, 1.54) is 0 Å². The van der Waals surface area contributed by atoms with Crippen molar-refractivity contribution in [1.29, 1.82) is 5.41 Å². The Morgan fingerprint density at radius 2 is 1.36 bits per heavy atom. The first-order valence-electron chi connectivity index (χ1n) is 8.45. The van der Waals surface area contributed by atoms with E-state index in [1.54, 1.807) is 24.5 Å². The van der Waals surface area contributed by atoms with E-state index in [0.29, 0.717) is 11.1 Å². The molecule has 1 aromatic carbocycles. The summed E-state index contributed by atoms with van der Waals surface area (Å²) >= 11 is 0. The molecule has 0 radical (unpaired) electrons. The standard InChI is InChI=1S/C21H27N3O/c1-20(2,3)16-11-15(12-17(13-16)21(4,5)6)19(25)24-18(22)14-7-9-23-10-8-14/h7-13H,1-6H3,(H2,22,24,25). The molecule has 0 aliphatic heterocycles. The van der Waals surface area contributed by atoms with Gasteiger partial charge >= 0.3 is 0 Å². The van der Waals surface area contributed by atoms with Crippen molar-refractivity contribution in [3.63, 3.8) is 0 Å². The van der Waals surface area contributed by atoms with E-state index >= 15 is 0 Å². The summed E-state index contributed by atoms with van der Waals surface area (Å²) in [5.41, 5.74) is 3.31. The van der Waals surface area contributed by atoms with E-state index in [9.17, 15) is 4.79 Å². The van der Waals surface area contributed by atoms with E-state index in [1.807, 2.05) is 12.1 Å². The van der Waals surface area contributed by atoms with Crippen LogP contribution in [0, 0.1) is 5.41 Å². The molecule has 0 atom stereocenters. The zero-order chi connectivity index (χ0) is 18.8. The fourth-order valence-corrected chi connectivity index (χ4v) is 2.40. The molecule has 1 amide bonds. The van der Waals surface area contributed by atoms with Crippen molar-refractivity contribution in [1.82, 2.24) is 10.3 Å². The van der Waals surface area contributed by atoms with Gasteiger partial charge in [0.1, 0.15) is 5.84 Å². The van der Waals surface area contributed by atoms with Crippen molar-refractivity contribution in [3.8, 4) is 0 Å². The Morgan fingerprint density at radius 3 is 1.80 bits per heavy atom. The van der Waals surface area contributed by atoms with Crippen molar-refractivity contribution in [2.24, 2.45) is 0 Å². The minimum Gasteiger partial charge on any atom is -0.307 e. The number of nitrogens with zero attached hydrogens (tertiary/aromatic N) is 1. The highest BCUT2D eigenvalue weighted by Gasteiger charge is 2.22. The smallest absolute Gasteiger partial charge is 0.256 e. The van der Waals surface area contributed by atoms with Gasteiger partial charge in [-0.2, -0.15) is 0 Å². The first-order valence-corrected chi connectivity index (χ1v) is 8.45. The Labute approximate surface area is 150 Å². The molecule has 1 heterocycles. The zero-order valence-electron chi connectivity index (χ0n) is 15.9.